The van der Waals surface area contributed by atoms with Crippen LogP contribution in [0, 0.1) is 22.2 Å². The van der Waals surface area contributed by atoms with E-state index in [0.29, 0.717) is 11.7 Å². The van der Waals surface area contributed by atoms with Gasteiger partial charge in [0.15, 0.2) is 0 Å². The molecule has 0 radical (unpaired) electrons. The first kappa shape index (κ1) is 23.7. The quantitative estimate of drug-likeness (QED) is 0.482. The zero-order chi connectivity index (χ0) is 19.0. The predicted molar refractivity (Wildman–Crippen MR) is 108 cm³/mol. The second-order valence-electron chi connectivity index (χ2n) is 9.90. The van der Waals surface area contributed by atoms with Crippen LogP contribution >= 0.6 is 0 Å². The van der Waals surface area contributed by atoms with Gasteiger partial charge in [-0.05, 0) is 49.4 Å². The van der Waals surface area contributed by atoms with E-state index >= 15 is 0 Å². The van der Waals surface area contributed by atoms with Crippen LogP contribution in [0.5, 0.6) is 0 Å². The molecule has 1 aliphatic carbocycles. The van der Waals surface area contributed by atoms with Crippen LogP contribution in [0.3, 0.4) is 0 Å². The van der Waals surface area contributed by atoms with Crippen LogP contribution in [0.25, 0.3) is 0 Å². The molecular weight excluding hydrogens is 292 g/mol. The lowest BCUT2D eigenvalue weighted by molar-refractivity contribution is -0.132. The van der Waals surface area contributed by atoms with Crippen molar-refractivity contribution >= 4 is 5.78 Å². The molecule has 0 aliphatic heterocycles. The summed E-state index contributed by atoms with van der Waals surface area (Å²) in [4.78, 5) is 11.6. The van der Waals surface area contributed by atoms with Crippen molar-refractivity contribution in [2.75, 3.05) is 0 Å². The summed E-state index contributed by atoms with van der Waals surface area (Å²) in [5, 5.41) is 0. The molecule has 0 aromatic rings. The van der Waals surface area contributed by atoms with Crippen LogP contribution in [-0.4, -0.2) is 5.78 Å². The summed E-state index contributed by atoms with van der Waals surface area (Å²) in [5.41, 5.74) is 0.650. The number of hydrogen-bond acceptors (Lipinski definition) is 1. The third-order valence-electron chi connectivity index (χ3n) is 6.69. The van der Waals surface area contributed by atoms with Crippen molar-refractivity contribution in [1.82, 2.24) is 0 Å². The SMILES string of the molecule is CC(=O)C(C)(CC(C)C)C(C)(C)C.CCCC1(CC)CCCCC1. The summed E-state index contributed by atoms with van der Waals surface area (Å²) in [6.07, 6.45) is 12.8. The first-order chi connectivity index (χ1) is 10.9. The molecule has 1 heteroatoms. The highest BCUT2D eigenvalue weighted by atomic mass is 16.1. The van der Waals surface area contributed by atoms with Gasteiger partial charge in [-0.2, -0.15) is 0 Å². The second-order valence-corrected chi connectivity index (χ2v) is 9.90. The Balaban J connectivity index is 0.000000446. The van der Waals surface area contributed by atoms with Gasteiger partial charge in [-0.1, -0.05) is 87.5 Å². The Morgan fingerprint density at radius 1 is 1.00 bits per heavy atom. The van der Waals surface area contributed by atoms with E-state index in [9.17, 15) is 4.79 Å². The predicted octanol–water partition coefficient (Wildman–Crippen LogP) is 7.82. The molecule has 1 fully saturated rings. The molecule has 0 aromatic heterocycles. The summed E-state index contributed by atoms with van der Waals surface area (Å²) >= 11 is 0. The van der Waals surface area contributed by atoms with Gasteiger partial charge in [-0.3, -0.25) is 4.79 Å². The summed E-state index contributed by atoms with van der Waals surface area (Å²) in [5.74, 6) is 0.891. The third-order valence-corrected chi connectivity index (χ3v) is 6.69. The van der Waals surface area contributed by atoms with Crippen molar-refractivity contribution in [2.45, 2.75) is 120 Å². The minimum absolute atomic E-state index is 0.0586. The zero-order valence-corrected chi connectivity index (χ0v) is 18.3. The van der Waals surface area contributed by atoms with Gasteiger partial charge in [0.2, 0.25) is 0 Å². The fourth-order valence-electron chi connectivity index (χ4n) is 4.41. The topological polar surface area (TPSA) is 17.1 Å². The molecule has 1 atom stereocenters. The van der Waals surface area contributed by atoms with Crippen molar-refractivity contribution in [2.24, 2.45) is 22.2 Å². The van der Waals surface area contributed by atoms with E-state index in [4.69, 9.17) is 0 Å². The van der Waals surface area contributed by atoms with Crippen LogP contribution in [0.15, 0.2) is 0 Å². The molecule has 0 bridgehead atoms. The second kappa shape index (κ2) is 9.97. The summed E-state index contributed by atoms with van der Waals surface area (Å²) in [6.45, 7) is 19.3. The molecule has 1 aliphatic rings. The Kier molecular flexibility index (Phi) is 9.84. The standard InChI is InChI=1S/C12H24O.C11H22/c1-9(2)8-12(7,10(3)13)11(4,5)6;1-3-8-11(4-2)9-6-5-7-10-11/h9H,8H2,1-7H3;3-10H2,1-2H3. The van der Waals surface area contributed by atoms with E-state index in [1.807, 2.05) is 0 Å². The van der Waals surface area contributed by atoms with E-state index in [1.165, 1.54) is 51.4 Å². The maximum Gasteiger partial charge on any atom is 0.136 e. The molecule has 24 heavy (non-hydrogen) atoms. The smallest absolute Gasteiger partial charge is 0.136 e. The summed E-state index contributed by atoms with van der Waals surface area (Å²) in [7, 11) is 0. The Morgan fingerprint density at radius 3 is 1.75 bits per heavy atom. The highest BCUT2D eigenvalue weighted by Crippen LogP contribution is 2.44. The van der Waals surface area contributed by atoms with Gasteiger partial charge in [-0.25, -0.2) is 0 Å². The molecular formula is C23H46O. The molecule has 0 saturated heterocycles. The molecule has 1 saturated carbocycles. The zero-order valence-electron chi connectivity index (χ0n) is 18.3. The number of rotatable bonds is 6. The van der Waals surface area contributed by atoms with Gasteiger partial charge in [0, 0.05) is 5.41 Å². The molecule has 144 valence electrons. The largest absolute Gasteiger partial charge is 0.299 e. The van der Waals surface area contributed by atoms with Gasteiger partial charge >= 0.3 is 0 Å². The maximum absolute atomic E-state index is 11.6. The van der Waals surface area contributed by atoms with Gasteiger partial charge < -0.3 is 0 Å². The van der Waals surface area contributed by atoms with Crippen LogP contribution in [-0.2, 0) is 4.79 Å². The van der Waals surface area contributed by atoms with Crippen molar-refractivity contribution in [3.05, 3.63) is 0 Å². The Bertz CT molecular complexity index is 349. The number of hydrogen-bond donors (Lipinski definition) is 0. The molecule has 0 amide bonds. The number of carbonyl (C=O) groups excluding carboxylic acids is 1. The first-order valence-corrected chi connectivity index (χ1v) is 10.4. The first-order valence-electron chi connectivity index (χ1n) is 10.4. The monoisotopic (exact) mass is 338 g/mol. The third kappa shape index (κ3) is 6.89. The van der Waals surface area contributed by atoms with Crippen molar-refractivity contribution in [3.63, 3.8) is 0 Å². The average molecular weight is 339 g/mol. The number of ketones is 1. The molecule has 0 N–H and O–H groups in total. The van der Waals surface area contributed by atoms with Gasteiger partial charge in [0.05, 0.1) is 0 Å². The van der Waals surface area contributed by atoms with Crippen LogP contribution in [0.2, 0.25) is 0 Å². The lowest BCUT2D eigenvalue weighted by Crippen LogP contribution is -2.40. The fraction of sp³-hybridized carbons (Fsp3) is 0.957. The minimum atomic E-state index is -0.179. The molecule has 1 rings (SSSR count). The van der Waals surface area contributed by atoms with E-state index in [1.54, 1.807) is 6.92 Å². The molecule has 0 spiro atoms. The molecule has 0 heterocycles. The lowest BCUT2D eigenvalue weighted by Gasteiger charge is -2.41. The molecule has 0 aromatic carbocycles. The Hall–Kier alpha value is -0.330. The lowest BCUT2D eigenvalue weighted by atomic mass is 9.62. The van der Waals surface area contributed by atoms with Gasteiger partial charge in [0.1, 0.15) is 5.78 Å². The van der Waals surface area contributed by atoms with Crippen molar-refractivity contribution in [1.29, 1.82) is 0 Å². The van der Waals surface area contributed by atoms with Crippen LogP contribution < -0.4 is 0 Å². The van der Waals surface area contributed by atoms with Gasteiger partial charge in [0.25, 0.3) is 0 Å². The number of carbonyl (C=O) groups is 1. The van der Waals surface area contributed by atoms with Crippen molar-refractivity contribution in [3.8, 4) is 0 Å². The van der Waals surface area contributed by atoms with Crippen LogP contribution in [0.1, 0.15) is 120 Å². The summed E-state index contributed by atoms with van der Waals surface area (Å²) in [6, 6.07) is 0. The highest BCUT2D eigenvalue weighted by molar-refractivity contribution is 5.82. The van der Waals surface area contributed by atoms with E-state index in [2.05, 4.69) is 55.4 Å². The molecule has 1 nitrogen and oxygen atoms in total. The average Bonchev–Trinajstić information content (AvgIpc) is 2.47. The van der Waals surface area contributed by atoms with E-state index in [0.717, 1.165) is 11.8 Å². The molecule has 1 unspecified atom stereocenters. The normalized spacial score (nSPS) is 20.1. The minimum Gasteiger partial charge on any atom is -0.299 e. The van der Waals surface area contributed by atoms with E-state index in [-0.39, 0.29) is 10.8 Å². The van der Waals surface area contributed by atoms with Crippen LogP contribution in [0.4, 0.5) is 0 Å². The Morgan fingerprint density at radius 2 is 1.50 bits per heavy atom. The fourth-order valence-corrected chi connectivity index (χ4v) is 4.41. The highest BCUT2D eigenvalue weighted by Gasteiger charge is 2.41. The maximum atomic E-state index is 11.6. The van der Waals surface area contributed by atoms with E-state index < -0.39 is 0 Å². The van der Waals surface area contributed by atoms with Gasteiger partial charge in [-0.15, -0.1) is 0 Å². The number of Topliss-reactive ketones (excluding diaryl/α,β-unsaturated/α-hetero) is 1. The summed E-state index contributed by atoms with van der Waals surface area (Å²) < 4.78 is 0. The van der Waals surface area contributed by atoms with Crippen molar-refractivity contribution < 1.29 is 4.79 Å². The Labute approximate surface area is 153 Å².